The average molecular weight is 371 g/mol. The summed E-state index contributed by atoms with van der Waals surface area (Å²) in [6.45, 7) is 10.2. The third-order valence-electron chi connectivity index (χ3n) is 5.69. The van der Waals surface area contributed by atoms with Crippen molar-refractivity contribution >= 4 is 5.69 Å². The van der Waals surface area contributed by atoms with Crippen LogP contribution in [0.1, 0.15) is 38.6 Å². The molecule has 4 rings (SSSR count). The van der Waals surface area contributed by atoms with E-state index in [1.54, 1.807) is 0 Å². The Hall–Kier alpha value is -1.99. The molecule has 2 atom stereocenters. The zero-order valence-corrected chi connectivity index (χ0v) is 16.4. The van der Waals surface area contributed by atoms with E-state index in [4.69, 9.17) is 4.74 Å². The Kier molecular flexibility index (Phi) is 5.69. The fourth-order valence-corrected chi connectivity index (χ4v) is 4.31. The zero-order chi connectivity index (χ0) is 18.6. The molecule has 1 aromatic carbocycles. The Morgan fingerprint density at radius 3 is 2.56 bits per heavy atom. The first-order chi connectivity index (χ1) is 13.2. The molecule has 27 heavy (non-hydrogen) atoms. The lowest BCUT2D eigenvalue weighted by atomic mass is 10.0. The minimum atomic E-state index is 0.235. The van der Waals surface area contributed by atoms with Gasteiger partial charge in [0.05, 0.1) is 18.7 Å². The van der Waals surface area contributed by atoms with E-state index in [0.29, 0.717) is 5.92 Å². The summed E-state index contributed by atoms with van der Waals surface area (Å²) in [7, 11) is 0. The highest BCUT2D eigenvalue weighted by Crippen LogP contribution is 2.29. The standard InChI is InChI=1S/C20H30N6O/c1-16(2)19(20-21-22-23-26(20)15-18-9-6-14-27-18)25-12-10-24(11-13-25)17-7-4-3-5-8-17/h3-5,7-8,16,18-19H,6,9-15H2,1-2H3. The lowest BCUT2D eigenvalue weighted by molar-refractivity contribution is 0.0865. The Bertz CT molecular complexity index is 704. The molecule has 0 bridgehead atoms. The summed E-state index contributed by atoms with van der Waals surface area (Å²) in [6, 6.07) is 10.9. The van der Waals surface area contributed by atoms with Crippen LogP contribution in [0, 0.1) is 5.92 Å². The summed E-state index contributed by atoms with van der Waals surface area (Å²) in [4.78, 5) is 5.00. The van der Waals surface area contributed by atoms with Crippen molar-refractivity contribution in [2.75, 3.05) is 37.7 Å². The smallest absolute Gasteiger partial charge is 0.168 e. The molecule has 1 aromatic heterocycles. The summed E-state index contributed by atoms with van der Waals surface area (Å²) >= 11 is 0. The summed E-state index contributed by atoms with van der Waals surface area (Å²) in [5, 5.41) is 12.7. The van der Waals surface area contributed by atoms with Gasteiger partial charge in [-0.1, -0.05) is 32.0 Å². The van der Waals surface area contributed by atoms with Gasteiger partial charge in [0.15, 0.2) is 5.82 Å². The molecular formula is C20H30N6O. The van der Waals surface area contributed by atoms with Gasteiger partial charge in [0, 0.05) is 38.5 Å². The lowest BCUT2D eigenvalue weighted by Gasteiger charge is -2.41. The molecule has 7 heteroatoms. The van der Waals surface area contributed by atoms with Crippen LogP contribution in [0.3, 0.4) is 0 Å². The predicted octanol–water partition coefficient (Wildman–Crippen LogP) is 2.37. The van der Waals surface area contributed by atoms with Crippen molar-refractivity contribution in [3.05, 3.63) is 36.2 Å². The van der Waals surface area contributed by atoms with Gasteiger partial charge in [-0.05, 0) is 41.3 Å². The summed E-state index contributed by atoms with van der Waals surface area (Å²) in [5.41, 5.74) is 1.31. The van der Waals surface area contributed by atoms with Crippen molar-refractivity contribution in [1.82, 2.24) is 25.1 Å². The quantitative estimate of drug-likeness (QED) is 0.778. The fourth-order valence-electron chi connectivity index (χ4n) is 4.31. The van der Waals surface area contributed by atoms with E-state index in [2.05, 4.69) is 69.5 Å². The SMILES string of the molecule is CC(C)C(c1nnnn1CC1CCCO1)N1CCN(c2ccccc2)CC1. The number of para-hydroxylation sites is 1. The van der Waals surface area contributed by atoms with E-state index in [1.165, 1.54) is 5.69 Å². The molecule has 2 aliphatic heterocycles. The van der Waals surface area contributed by atoms with Gasteiger partial charge in [-0.15, -0.1) is 5.10 Å². The van der Waals surface area contributed by atoms with Crippen LogP contribution in [0.2, 0.25) is 0 Å². The van der Waals surface area contributed by atoms with Gasteiger partial charge in [0.1, 0.15) is 0 Å². The number of nitrogens with zero attached hydrogens (tertiary/aromatic N) is 6. The van der Waals surface area contributed by atoms with Crippen molar-refractivity contribution < 1.29 is 4.74 Å². The number of aromatic nitrogens is 4. The number of piperazine rings is 1. The van der Waals surface area contributed by atoms with Gasteiger partial charge in [0.2, 0.25) is 0 Å². The number of tetrazole rings is 1. The second-order valence-electron chi connectivity index (χ2n) is 7.90. The van der Waals surface area contributed by atoms with Crippen molar-refractivity contribution in [3.63, 3.8) is 0 Å². The topological polar surface area (TPSA) is 59.3 Å². The maximum atomic E-state index is 5.79. The van der Waals surface area contributed by atoms with Crippen LogP contribution < -0.4 is 4.90 Å². The molecule has 7 nitrogen and oxygen atoms in total. The molecule has 0 amide bonds. The van der Waals surface area contributed by atoms with Crippen LogP contribution in [0.5, 0.6) is 0 Å². The highest BCUT2D eigenvalue weighted by molar-refractivity contribution is 5.46. The summed E-state index contributed by atoms with van der Waals surface area (Å²) < 4.78 is 7.77. The third kappa shape index (κ3) is 4.14. The van der Waals surface area contributed by atoms with Crippen LogP contribution >= 0.6 is 0 Å². The molecule has 0 radical (unpaired) electrons. The molecular weight excluding hydrogens is 340 g/mol. The summed E-state index contributed by atoms with van der Waals surface area (Å²) in [5.74, 6) is 1.43. The first-order valence-electron chi connectivity index (χ1n) is 10.1. The van der Waals surface area contributed by atoms with E-state index >= 15 is 0 Å². The third-order valence-corrected chi connectivity index (χ3v) is 5.69. The van der Waals surface area contributed by atoms with Gasteiger partial charge in [-0.3, -0.25) is 4.90 Å². The van der Waals surface area contributed by atoms with Crippen molar-refractivity contribution in [2.45, 2.75) is 45.4 Å². The first-order valence-corrected chi connectivity index (χ1v) is 10.1. The molecule has 2 fully saturated rings. The molecule has 0 saturated carbocycles. The van der Waals surface area contributed by atoms with Crippen molar-refractivity contribution in [1.29, 1.82) is 0 Å². The molecule has 0 spiro atoms. The summed E-state index contributed by atoms with van der Waals surface area (Å²) in [6.07, 6.45) is 2.48. The maximum absolute atomic E-state index is 5.79. The van der Waals surface area contributed by atoms with E-state index in [0.717, 1.165) is 58.0 Å². The number of ether oxygens (including phenoxy) is 1. The Morgan fingerprint density at radius 1 is 1.11 bits per heavy atom. The number of hydrogen-bond donors (Lipinski definition) is 0. The molecule has 2 aromatic rings. The Labute approximate surface area is 161 Å². The highest BCUT2D eigenvalue weighted by atomic mass is 16.5. The molecule has 0 aliphatic carbocycles. The van der Waals surface area contributed by atoms with Crippen molar-refractivity contribution in [3.8, 4) is 0 Å². The fraction of sp³-hybridized carbons (Fsp3) is 0.650. The van der Waals surface area contributed by atoms with Gasteiger partial charge < -0.3 is 9.64 Å². The van der Waals surface area contributed by atoms with E-state index in [-0.39, 0.29) is 12.1 Å². The first kappa shape index (κ1) is 18.4. The van der Waals surface area contributed by atoms with E-state index < -0.39 is 0 Å². The lowest BCUT2D eigenvalue weighted by Crippen LogP contribution is -2.49. The van der Waals surface area contributed by atoms with Crippen LogP contribution in [0.4, 0.5) is 5.69 Å². The molecule has 2 saturated heterocycles. The van der Waals surface area contributed by atoms with Crippen LogP contribution in [0.25, 0.3) is 0 Å². The Balaban J connectivity index is 1.45. The number of anilines is 1. The van der Waals surface area contributed by atoms with Crippen LogP contribution in [0.15, 0.2) is 30.3 Å². The second-order valence-corrected chi connectivity index (χ2v) is 7.90. The van der Waals surface area contributed by atoms with Crippen LogP contribution in [-0.2, 0) is 11.3 Å². The minimum absolute atomic E-state index is 0.235. The number of benzene rings is 1. The number of hydrogen-bond acceptors (Lipinski definition) is 6. The van der Waals surface area contributed by atoms with Gasteiger partial charge in [-0.2, -0.15) is 0 Å². The van der Waals surface area contributed by atoms with Gasteiger partial charge in [0.25, 0.3) is 0 Å². The average Bonchev–Trinajstić information content (AvgIpc) is 3.36. The predicted molar refractivity (Wildman–Crippen MR) is 105 cm³/mol. The van der Waals surface area contributed by atoms with Crippen LogP contribution in [-0.4, -0.2) is 64.0 Å². The molecule has 2 aliphatic rings. The normalized spacial score (nSPS) is 22.5. The number of rotatable bonds is 6. The highest BCUT2D eigenvalue weighted by Gasteiger charge is 2.32. The molecule has 3 heterocycles. The Morgan fingerprint density at radius 2 is 1.89 bits per heavy atom. The molecule has 146 valence electrons. The van der Waals surface area contributed by atoms with Gasteiger partial charge >= 0.3 is 0 Å². The monoisotopic (exact) mass is 370 g/mol. The van der Waals surface area contributed by atoms with E-state index in [9.17, 15) is 0 Å². The molecule has 0 N–H and O–H groups in total. The van der Waals surface area contributed by atoms with Gasteiger partial charge in [-0.25, -0.2) is 4.68 Å². The maximum Gasteiger partial charge on any atom is 0.168 e. The zero-order valence-electron chi connectivity index (χ0n) is 16.4. The molecule has 2 unspecified atom stereocenters. The largest absolute Gasteiger partial charge is 0.376 e. The van der Waals surface area contributed by atoms with E-state index in [1.807, 2.05) is 4.68 Å². The second kappa shape index (κ2) is 8.35. The minimum Gasteiger partial charge on any atom is -0.376 e. The van der Waals surface area contributed by atoms with Crippen molar-refractivity contribution in [2.24, 2.45) is 5.92 Å².